The summed E-state index contributed by atoms with van der Waals surface area (Å²) in [6.07, 6.45) is 1.92. The molecule has 7 nitrogen and oxygen atoms in total. The highest BCUT2D eigenvalue weighted by molar-refractivity contribution is 7.71. The van der Waals surface area contributed by atoms with Crippen LogP contribution >= 0.6 is 12.2 Å². The van der Waals surface area contributed by atoms with Gasteiger partial charge in [-0.3, -0.25) is 19.3 Å². The maximum Gasteiger partial charge on any atom is 0.240 e. The fraction of sp³-hybridized carbons (Fsp3) is 0.333. The van der Waals surface area contributed by atoms with Crippen molar-refractivity contribution in [3.05, 3.63) is 70.0 Å². The number of hydrogen-bond donors (Lipinski definition) is 2. The minimum atomic E-state index is -0.157. The van der Waals surface area contributed by atoms with E-state index in [1.54, 1.807) is 4.57 Å². The first-order chi connectivity index (χ1) is 15.5. The lowest BCUT2D eigenvalue weighted by molar-refractivity contribution is -0.132. The first kappa shape index (κ1) is 22.0. The van der Waals surface area contributed by atoms with Gasteiger partial charge in [0.25, 0.3) is 0 Å². The van der Waals surface area contributed by atoms with E-state index in [0.717, 1.165) is 24.1 Å². The first-order valence-electron chi connectivity index (χ1n) is 10.8. The highest BCUT2D eigenvalue weighted by atomic mass is 32.1. The number of hydrogen-bond acceptors (Lipinski definition) is 4. The minimum absolute atomic E-state index is 0.0788. The molecule has 1 aliphatic heterocycles. The number of H-pyrrole nitrogens is 1. The summed E-state index contributed by atoms with van der Waals surface area (Å²) in [6, 6.07) is 16.2. The number of aromatic amines is 1. The molecule has 1 aromatic heterocycles. The van der Waals surface area contributed by atoms with Gasteiger partial charge in [-0.05, 0) is 49.2 Å². The molecule has 8 heteroatoms. The quantitative estimate of drug-likeness (QED) is 0.428. The molecule has 2 amide bonds. The molecule has 0 bridgehead atoms. The number of benzene rings is 2. The van der Waals surface area contributed by atoms with Gasteiger partial charge >= 0.3 is 0 Å². The van der Waals surface area contributed by atoms with Crippen LogP contribution in [0.2, 0.25) is 0 Å². The third-order valence-corrected chi connectivity index (χ3v) is 6.02. The summed E-state index contributed by atoms with van der Waals surface area (Å²) in [4.78, 5) is 27.0. The highest BCUT2D eigenvalue weighted by Crippen LogP contribution is 2.20. The fourth-order valence-electron chi connectivity index (χ4n) is 4.00. The minimum Gasteiger partial charge on any atom is -0.355 e. The molecule has 0 unspecified atom stereocenters. The smallest absolute Gasteiger partial charge is 0.240 e. The van der Waals surface area contributed by atoms with Crippen LogP contribution in [0.25, 0.3) is 11.4 Å². The SMILES string of the molecule is Cc1cccc(-c2n[nH]c(=S)n2CC(=O)NCCCC(=O)N2CCc3ccccc3C2)c1. The number of carbonyl (C=O) groups is 2. The topological polar surface area (TPSA) is 83.0 Å². The van der Waals surface area contributed by atoms with Crippen LogP contribution in [0, 0.1) is 11.7 Å². The number of aromatic nitrogens is 3. The van der Waals surface area contributed by atoms with Crippen molar-refractivity contribution in [1.82, 2.24) is 25.0 Å². The molecule has 0 aliphatic carbocycles. The Balaban J connectivity index is 1.26. The van der Waals surface area contributed by atoms with E-state index in [9.17, 15) is 9.59 Å². The van der Waals surface area contributed by atoms with Crippen molar-refractivity contribution in [3.8, 4) is 11.4 Å². The monoisotopic (exact) mass is 449 g/mol. The van der Waals surface area contributed by atoms with Crippen LogP contribution in [-0.2, 0) is 29.1 Å². The van der Waals surface area contributed by atoms with Crippen LogP contribution in [0.5, 0.6) is 0 Å². The van der Waals surface area contributed by atoms with Gasteiger partial charge in [0.2, 0.25) is 11.8 Å². The number of nitrogens with zero attached hydrogens (tertiary/aromatic N) is 3. The largest absolute Gasteiger partial charge is 0.355 e. The van der Waals surface area contributed by atoms with Gasteiger partial charge in [-0.2, -0.15) is 5.10 Å². The number of aryl methyl sites for hydroxylation is 1. The summed E-state index contributed by atoms with van der Waals surface area (Å²) in [6.45, 7) is 3.95. The molecule has 4 rings (SSSR count). The molecule has 2 aromatic carbocycles. The Bertz CT molecular complexity index is 1180. The van der Waals surface area contributed by atoms with Crippen LogP contribution in [0.4, 0.5) is 0 Å². The average Bonchev–Trinajstić information content (AvgIpc) is 3.16. The van der Waals surface area contributed by atoms with Crippen molar-refractivity contribution in [2.45, 2.75) is 39.3 Å². The zero-order chi connectivity index (χ0) is 22.5. The van der Waals surface area contributed by atoms with E-state index in [2.05, 4.69) is 27.6 Å². The first-order valence-corrected chi connectivity index (χ1v) is 11.3. The van der Waals surface area contributed by atoms with E-state index in [4.69, 9.17) is 12.2 Å². The van der Waals surface area contributed by atoms with E-state index < -0.39 is 0 Å². The second-order valence-electron chi connectivity index (χ2n) is 8.10. The van der Waals surface area contributed by atoms with E-state index in [0.29, 0.717) is 36.5 Å². The molecular weight excluding hydrogens is 422 g/mol. The Morgan fingerprint density at radius 3 is 2.78 bits per heavy atom. The highest BCUT2D eigenvalue weighted by Gasteiger charge is 2.20. The lowest BCUT2D eigenvalue weighted by Crippen LogP contribution is -2.36. The Morgan fingerprint density at radius 2 is 1.97 bits per heavy atom. The molecule has 0 spiro atoms. The molecule has 0 radical (unpaired) electrons. The van der Waals surface area contributed by atoms with E-state index in [-0.39, 0.29) is 18.4 Å². The van der Waals surface area contributed by atoms with Crippen molar-refractivity contribution >= 4 is 24.0 Å². The predicted octanol–water partition coefficient (Wildman–Crippen LogP) is 3.40. The van der Waals surface area contributed by atoms with Gasteiger partial charge in [0, 0.05) is 31.6 Å². The molecule has 0 atom stereocenters. The van der Waals surface area contributed by atoms with Crippen molar-refractivity contribution in [2.75, 3.05) is 13.1 Å². The summed E-state index contributed by atoms with van der Waals surface area (Å²) in [5, 5.41) is 9.95. The van der Waals surface area contributed by atoms with Crippen LogP contribution in [0.1, 0.15) is 29.5 Å². The third kappa shape index (κ3) is 5.13. The van der Waals surface area contributed by atoms with Crippen molar-refractivity contribution in [1.29, 1.82) is 0 Å². The molecule has 2 N–H and O–H groups in total. The molecule has 0 saturated carbocycles. The van der Waals surface area contributed by atoms with E-state index in [1.165, 1.54) is 11.1 Å². The summed E-state index contributed by atoms with van der Waals surface area (Å²) in [5.74, 6) is 0.609. The van der Waals surface area contributed by atoms with Crippen LogP contribution in [-0.4, -0.2) is 44.6 Å². The molecule has 2 heterocycles. The molecular formula is C24H27N5O2S. The number of nitrogens with one attached hydrogen (secondary N) is 2. The zero-order valence-corrected chi connectivity index (χ0v) is 19.0. The predicted molar refractivity (Wildman–Crippen MR) is 125 cm³/mol. The van der Waals surface area contributed by atoms with Gasteiger partial charge in [0.15, 0.2) is 10.6 Å². The van der Waals surface area contributed by atoms with Crippen molar-refractivity contribution in [3.63, 3.8) is 0 Å². The zero-order valence-electron chi connectivity index (χ0n) is 18.1. The Kier molecular flexibility index (Phi) is 6.80. The lowest BCUT2D eigenvalue weighted by Gasteiger charge is -2.29. The Morgan fingerprint density at radius 1 is 1.16 bits per heavy atom. The summed E-state index contributed by atoms with van der Waals surface area (Å²) in [7, 11) is 0. The lowest BCUT2D eigenvalue weighted by atomic mass is 9.99. The van der Waals surface area contributed by atoms with Crippen molar-refractivity contribution in [2.24, 2.45) is 0 Å². The summed E-state index contributed by atoms with van der Waals surface area (Å²) in [5.41, 5.74) is 4.56. The van der Waals surface area contributed by atoms with E-state index in [1.807, 2.05) is 48.2 Å². The summed E-state index contributed by atoms with van der Waals surface area (Å²) >= 11 is 5.31. The second-order valence-corrected chi connectivity index (χ2v) is 8.48. The number of carbonyl (C=O) groups excluding carboxylic acids is 2. The van der Waals surface area contributed by atoms with Gasteiger partial charge in [-0.1, -0.05) is 48.0 Å². The van der Waals surface area contributed by atoms with E-state index >= 15 is 0 Å². The van der Waals surface area contributed by atoms with Gasteiger partial charge in [0.1, 0.15) is 6.54 Å². The van der Waals surface area contributed by atoms with Gasteiger partial charge in [-0.25, -0.2) is 0 Å². The average molecular weight is 450 g/mol. The van der Waals surface area contributed by atoms with Crippen molar-refractivity contribution < 1.29 is 9.59 Å². The van der Waals surface area contributed by atoms with Crippen LogP contribution in [0.3, 0.4) is 0 Å². The normalized spacial score (nSPS) is 13.0. The molecule has 0 saturated heterocycles. The Hall–Kier alpha value is -3.26. The molecule has 32 heavy (non-hydrogen) atoms. The maximum atomic E-state index is 12.6. The molecule has 3 aromatic rings. The van der Waals surface area contributed by atoms with Crippen LogP contribution < -0.4 is 5.32 Å². The molecule has 0 fully saturated rings. The molecule has 1 aliphatic rings. The Labute approximate surface area is 192 Å². The molecule has 166 valence electrons. The maximum absolute atomic E-state index is 12.6. The summed E-state index contributed by atoms with van der Waals surface area (Å²) < 4.78 is 2.09. The standard InChI is InChI=1S/C24H27N5O2S/c1-17-6-4-9-19(14-17)23-26-27-24(32)29(23)16-21(30)25-12-5-10-22(31)28-13-11-18-7-2-3-8-20(18)15-28/h2-4,6-9,14H,5,10-13,15-16H2,1H3,(H,25,30)(H,27,32). The van der Waals surface area contributed by atoms with Crippen LogP contribution in [0.15, 0.2) is 48.5 Å². The fourth-order valence-corrected chi connectivity index (χ4v) is 4.20. The third-order valence-electron chi connectivity index (χ3n) is 5.71. The number of fused-ring (bicyclic) bond motifs is 1. The van der Waals surface area contributed by atoms with Gasteiger partial charge in [0.05, 0.1) is 0 Å². The number of amides is 2. The number of rotatable bonds is 7. The van der Waals surface area contributed by atoms with Gasteiger partial charge < -0.3 is 10.2 Å². The van der Waals surface area contributed by atoms with Gasteiger partial charge in [-0.15, -0.1) is 0 Å². The second kappa shape index (κ2) is 9.91.